The topological polar surface area (TPSA) is 24.4 Å². The Kier molecular flexibility index (Phi) is 4.33. The van der Waals surface area contributed by atoms with E-state index >= 15 is 0 Å². The summed E-state index contributed by atoms with van der Waals surface area (Å²) in [4.78, 5) is 4.98. The molecule has 5 heteroatoms. The van der Waals surface area contributed by atoms with Crippen LogP contribution in [0, 0.1) is 18.7 Å². The van der Waals surface area contributed by atoms with E-state index in [2.05, 4.69) is 28.2 Å². The number of rotatable bonds is 1. The molecule has 114 valence electrons. The lowest BCUT2D eigenvalue weighted by Gasteiger charge is -2.33. The van der Waals surface area contributed by atoms with E-state index in [1.807, 2.05) is 6.92 Å². The van der Waals surface area contributed by atoms with Crippen LogP contribution < -0.4 is 5.32 Å². The third-order valence-corrected chi connectivity index (χ3v) is 6.15. The molecule has 0 amide bonds. The van der Waals surface area contributed by atoms with Gasteiger partial charge in [0.1, 0.15) is 5.82 Å². The van der Waals surface area contributed by atoms with Gasteiger partial charge in [-0.15, -0.1) is 0 Å². The Morgan fingerprint density at radius 3 is 3.05 bits per heavy atom. The van der Waals surface area contributed by atoms with Crippen molar-refractivity contribution in [1.29, 1.82) is 0 Å². The average Bonchev–Trinajstić information content (AvgIpc) is 2.78. The van der Waals surface area contributed by atoms with Crippen LogP contribution in [0.1, 0.15) is 38.2 Å². The number of anilines is 1. The number of aryl methyl sites for hydroxylation is 1. The molecule has 1 N–H and O–H groups in total. The summed E-state index contributed by atoms with van der Waals surface area (Å²) in [6.45, 7) is 4.24. The zero-order chi connectivity index (χ0) is 15.0. The highest BCUT2D eigenvalue weighted by atomic mass is 79.9. The first-order chi connectivity index (χ1) is 9.97. The van der Waals surface area contributed by atoms with E-state index in [0.717, 1.165) is 28.1 Å². The number of nitrogens with zero attached hydrogens (tertiary/aromatic N) is 1. The minimum atomic E-state index is -0.225. The van der Waals surface area contributed by atoms with E-state index in [4.69, 9.17) is 4.99 Å². The van der Waals surface area contributed by atoms with E-state index in [1.165, 1.54) is 25.7 Å². The SMILES string of the molecule is Cc1cc(F)c(Br)cc1NC1=NC2(CCCC(C)C2)CS1. The van der Waals surface area contributed by atoms with Crippen molar-refractivity contribution < 1.29 is 4.39 Å². The highest BCUT2D eigenvalue weighted by Crippen LogP contribution is 2.42. The van der Waals surface area contributed by atoms with Crippen LogP contribution in [0.3, 0.4) is 0 Å². The first-order valence-electron chi connectivity index (χ1n) is 7.43. The van der Waals surface area contributed by atoms with E-state index in [1.54, 1.807) is 23.9 Å². The second-order valence-electron chi connectivity index (χ2n) is 6.34. The molecule has 3 rings (SSSR count). The number of amidine groups is 1. The van der Waals surface area contributed by atoms with Crippen LogP contribution in [0.5, 0.6) is 0 Å². The molecule has 2 aliphatic rings. The van der Waals surface area contributed by atoms with Gasteiger partial charge in [-0.05, 0) is 59.3 Å². The van der Waals surface area contributed by atoms with Crippen molar-refractivity contribution in [2.45, 2.75) is 45.1 Å². The monoisotopic (exact) mass is 370 g/mol. The molecule has 0 bridgehead atoms. The Balaban J connectivity index is 1.78. The quantitative estimate of drug-likeness (QED) is 0.719. The molecular weight excluding hydrogens is 351 g/mol. The Morgan fingerprint density at radius 2 is 2.29 bits per heavy atom. The van der Waals surface area contributed by atoms with Gasteiger partial charge in [-0.3, -0.25) is 4.99 Å². The predicted octanol–water partition coefficient (Wildman–Crippen LogP) is 5.36. The largest absolute Gasteiger partial charge is 0.335 e. The molecular formula is C16H20BrFN2S. The number of hydrogen-bond acceptors (Lipinski definition) is 3. The van der Waals surface area contributed by atoms with Crippen LogP contribution in [0.25, 0.3) is 0 Å². The molecule has 0 saturated heterocycles. The van der Waals surface area contributed by atoms with E-state index in [0.29, 0.717) is 4.47 Å². The maximum absolute atomic E-state index is 13.5. The summed E-state index contributed by atoms with van der Waals surface area (Å²) in [7, 11) is 0. The maximum atomic E-state index is 13.5. The van der Waals surface area contributed by atoms with Gasteiger partial charge in [0.05, 0.1) is 10.0 Å². The molecule has 0 aromatic heterocycles. The molecule has 1 fully saturated rings. The fourth-order valence-electron chi connectivity index (χ4n) is 3.31. The normalized spacial score (nSPS) is 28.8. The Bertz CT molecular complexity index is 590. The highest BCUT2D eigenvalue weighted by Gasteiger charge is 2.39. The van der Waals surface area contributed by atoms with Crippen LogP contribution in [0.4, 0.5) is 10.1 Å². The number of benzene rings is 1. The van der Waals surface area contributed by atoms with Gasteiger partial charge in [0.25, 0.3) is 0 Å². The van der Waals surface area contributed by atoms with Gasteiger partial charge in [-0.25, -0.2) is 4.39 Å². The van der Waals surface area contributed by atoms with Crippen LogP contribution in [-0.4, -0.2) is 16.5 Å². The highest BCUT2D eigenvalue weighted by molar-refractivity contribution is 9.10. The van der Waals surface area contributed by atoms with Gasteiger partial charge in [-0.2, -0.15) is 0 Å². The predicted molar refractivity (Wildman–Crippen MR) is 92.7 cm³/mol. The van der Waals surface area contributed by atoms with E-state index in [-0.39, 0.29) is 11.4 Å². The lowest BCUT2D eigenvalue weighted by atomic mass is 9.78. The Hall–Kier alpha value is -0.550. The van der Waals surface area contributed by atoms with Crippen molar-refractivity contribution in [3.05, 3.63) is 28.0 Å². The van der Waals surface area contributed by atoms with Gasteiger partial charge in [-0.1, -0.05) is 31.5 Å². The van der Waals surface area contributed by atoms with Gasteiger partial charge in [0, 0.05) is 11.4 Å². The molecule has 1 aromatic rings. The standard InChI is InChI=1S/C16H20BrFN2S/c1-10-4-3-5-16(8-10)9-21-15(20-16)19-14-7-12(17)13(18)6-11(14)2/h6-7,10H,3-5,8-9H2,1-2H3,(H,19,20). The third kappa shape index (κ3) is 3.29. The van der Waals surface area contributed by atoms with Crippen LogP contribution in [0.2, 0.25) is 0 Å². The van der Waals surface area contributed by atoms with Crippen molar-refractivity contribution in [3.63, 3.8) is 0 Å². The summed E-state index contributed by atoms with van der Waals surface area (Å²) in [5, 5.41) is 4.36. The summed E-state index contributed by atoms with van der Waals surface area (Å²) in [5.41, 5.74) is 1.96. The smallest absolute Gasteiger partial charge is 0.161 e. The van der Waals surface area contributed by atoms with Crippen molar-refractivity contribution in [2.24, 2.45) is 10.9 Å². The van der Waals surface area contributed by atoms with Crippen molar-refractivity contribution >= 4 is 38.5 Å². The molecule has 1 aliphatic carbocycles. The number of halogens is 2. The van der Waals surface area contributed by atoms with Gasteiger partial charge in [0.15, 0.2) is 5.17 Å². The minimum absolute atomic E-state index is 0.135. The molecule has 1 aromatic carbocycles. The Labute approximate surface area is 138 Å². The maximum Gasteiger partial charge on any atom is 0.161 e. The molecule has 2 atom stereocenters. The summed E-state index contributed by atoms with van der Waals surface area (Å²) in [6, 6.07) is 3.34. The molecule has 1 saturated carbocycles. The first kappa shape index (κ1) is 15.3. The molecule has 1 aliphatic heterocycles. The zero-order valence-corrected chi connectivity index (χ0v) is 14.8. The summed E-state index contributed by atoms with van der Waals surface area (Å²) in [5.74, 6) is 1.61. The van der Waals surface area contributed by atoms with Crippen molar-refractivity contribution in [1.82, 2.24) is 0 Å². The molecule has 1 spiro atoms. The van der Waals surface area contributed by atoms with Crippen molar-refractivity contribution in [3.8, 4) is 0 Å². The fraction of sp³-hybridized carbons (Fsp3) is 0.562. The Morgan fingerprint density at radius 1 is 1.48 bits per heavy atom. The number of hydrogen-bond donors (Lipinski definition) is 1. The lowest BCUT2D eigenvalue weighted by molar-refractivity contribution is 0.266. The molecule has 21 heavy (non-hydrogen) atoms. The average molecular weight is 371 g/mol. The summed E-state index contributed by atoms with van der Waals surface area (Å²) >= 11 is 5.04. The van der Waals surface area contributed by atoms with Gasteiger partial charge >= 0.3 is 0 Å². The first-order valence-corrected chi connectivity index (χ1v) is 9.21. The molecule has 1 heterocycles. The molecule has 0 radical (unpaired) electrons. The van der Waals surface area contributed by atoms with Crippen LogP contribution >= 0.6 is 27.7 Å². The number of aliphatic imine (C=N–C) groups is 1. The zero-order valence-electron chi connectivity index (χ0n) is 12.4. The van der Waals surface area contributed by atoms with Crippen LogP contribution in [0.15, 0.2) is 21.6 Å². The van der Waals surface area contributed by atoms with Gasteiger partial charge in [0.2, 0.25) is 0 Å². The van der Waals surface area contributed by atoms with Crippen LogP contribution in [-0.2, 0) is 0 Å². The van der Waals surface area contributed by atoms with Crippen molar-refractivity contribution in [2.75, 3.05) is 11.1 Å². The second-order valence-corrected chi connectivity index (χ2v) is 8.16. The summed E-state index contributed by atoms with van der Waals surface area (Å²) < 4.78 is 14.0. The second kappa shape index (κ2) is 5.92. The van der Waals surface area contributed by atoms with E-state index in [9.17, 15) is 4.39 Å². The number of thioether (sulfide) groups is 1. The summed E-state index contributed by atoms with van der Waals surface area (Å²) in [6.07, 6.45) is 4.99. The minimum Gasteiger partial charge on any atom is -0.335 e. The van der Waals surface area contributed by atoms with E-state index < -0.39 is 0 Å². The molecule has 2 nitrogen and oxygen atoms in total. The lowest BCUT2D eigenvalue weighted by Crippen LogP contribution is -2.33. The molecule has 2 unspecified atom stereocenters. The van der Waals surface area contributed by atoms with Gasteiger partial charge < -0.3 is 5.32 Å². The fourth-order valence-corrected chi connectivity index (χ4v) is 4.82. The number of nitrogens with one attached hydrogen (secondary N) is 1. The third-order valence-electron chi connectivity index (χ3n) is 4.39.